The minimum atomic E-state index is -0.702. The van der Waals surface area contributed by atoms with E-state index in [-0.39, 0.29) is 29.3 Å². The van der Waals surface area contributed by atoms with E-state index in [1.807, 2.05) is 62.5 Å². The Morgan fingerprint density at radius 3 is 2.53 bits per heavy atom. The monoisotopic (exact) mass is 488 g/mol. The summed E-state index contributed by atoms with van der Waals surface area (Å²) >= 11 is 0. The van der Waals surface area contributed by atoms with E-state index in [4.69, 9.17) is 14.7 Å². The molecule has 1 unspecified atom stereocenters. The van der Waals surface area contributed by atoms with Crippen LogP contribution in [0.5, 0.6) is 11.6 Å². The van der Waals surface area contributed by atoms with Crippen LogP contribution in [0.2, 0.25) is 0 Å². The fraction of sp³-hybridized carbons (Fsp3) is 0.321. The second kappa shape index (κ2) is 11.2. The molecule has 36 heavy (non-hydrogen) atoms. The van der Waals surface area contributed by atoms with Crippen LogP contribution in [0.25, 0.3) is 0 Å². The van der Waals surface area contributed by atoms with Gasteiger partial charge in [0.25, 0.3) is 5.91 Å². The SMILES string of the molecule is COc1ccc([C@H](c2ccc(OC(C)C)nc2)N2CCC(NC(=O)c3ccc(C#N)cc3F)C2)cc1. The number of halogens is 1. The topological polar surface area (TPSA) is 87.5 Å². The molecular weight excluding hydrogens is 459 g/mol. The van der Waals surface area contributed by atoms with Gasteiger partial charge >= 0.3 is 0 Å². The number of likely N-dealkylation sites (tertiary alicyclic amines) is 1. The van der Waals surface area contributed by atoms with Crippen LogP contribution >= 0.6 is 0 Å². The first kappa shape index (κ1) is 25.1. The molecule has 0 saturated carbocycles. The zero-order valence-corrected chi connectivity index (χ0v) is 20.6. The summed E-state index contributed by atoms with van der Waals surface area (Å²) in [4.78, 5) is 19.5. The van der Waals surface area contributed by atoms with Crippen molar-refractivity contribution < 1.29 is 18.7 Å². The Balaban J connectivity index is 1.53. The molecule has 1 saturated heterocycles. The Labute approximate surface area is 210 Å². The summed E-state index contributed by atoms with van der Waals surface area (Å²) in [5.41, 5.74) is 2.18. The lowest BCUT2D eigenvalue weighted by Gasteiger charge is -2.29. The van der Waals surface area contributed by atoms with Gasteiger partial charge < -0.3 is 14.8 Å². The fourth-order valence-electron chi connectivity index (χ4n) is 4.44. The molecule has 8 heteroatoms. The highest BCUT2D eigenvalue weighted by molar-refractivity contribution is 5.94. The Hall–Kier alpha value is -3.96. The van der Waals surface area contributed by atoms with Crippen molar-refractivity contribution in [2.75, 3.05) is 20.2 Å². The zero-order chi connectivity index (χ0) is 25.7. The van der Waals surface area contributed by atoms with Crippen LogP contribution in [0.4, 0.5) is 4.39 Å². The van der Waals surface area contributed by atoms with Crippen LogP contribution in [0.15, 0.2) is 60.8 Å². The molecule has 7 nitrogen and oxygen atoms in total. The van der Waals surface area contributed by atoms with Gasteiger partial charge in [0.05, 0.1) is 36.5 Å². The highest BCUT2D eigenvalue weighted by Crippen LogP contribution is 2.33. The number of nitriles is 1. The Bertz CT molecular complexity index is 1240. The molecular formula is C28H29FN4O3. The van der Waals surface area contributed by atoms with Crippen LogP contribution < -0.4 is 14.8 Å². The molecule has 0 radical (unpaired) electrons. The van der Waals surface area contributed by atoms with E-state index < -0.39 is 11.7 Å². The van der Waals surface area contributed by atoms with Gasteiger partial charge in [0.2, 0.25) is 5.88 Å². The largest absolute Gasteiger partial charge is 0.497 e. The van der Waals surface area contributed by atoms with Crippen molar-refractivity contribution >= 4 is 5.91 Å². The van der Waals surface area contributed by atoms with E-state index in [1.165, 1.54) is 12.1 Å². The zero-order valence-electron chi connectivity index (χ0n) is 20.6. The predicted octanol–water partition coefficient (Wildman–Crippen LogP) is 4.48. The van der Waals surface area contributed by atoms with Crippen LogP contribution in [0, 0.1) is 17.1 Å². The number of carbonyl (C=O) groups excluding carboxylic acids is 1. The maximum Gasteiger partial charge on any atom is 0.254 e. The molecule has 0 aliphatic carbocycles. The van der Waals surface area contributed by atoms with E-state index in [0.717, 1.165) is 35.9 Å². The number of nitrogens with zero attached hydrogens (tertiary/aromatic N) is 3. The number of pyridine rings is 1. The standard InChI is InChI=1S/C28H29FN4O3/c1-18(2)36-26-11-7-21(16-31-26)27(20-5-8-23(35-3)9-6-20)33-13-12-22(17-33)32-28(34)24-10-4-19(15-30)14-25(24)29/h4-11,14,16,18,22,27H,12-13,17H2,1-3H3,(H,32,34)/t22?,27-/m1/s1. The molecule has 1 aliphatic heterocycles. The average molecular weight is 489 g/mol. The van der Waals surface area contributed by atoms with Gasteiger partial charge in [0.15, 0.2) is 0 Å². The van der Waals surface area contributed by atoms with E-state index >= 15 is 0 Å². The Morgan fingerprint density at radius 1 is 1.17 bits per heavy atom. The van der Waals surface area contributed by atoms with Gasteiger partial charge in [-0.25, -0.2) is 9.37 Å². The van der Waals surface area contributed by atoms with Crippen molar-refractivity contribution in [3.8, 4) is 17.7 Å². The van der Waals surface area contributed by atoms with E-state index in [2.05, 4.69) is 15.2 Å². The number of aromatic nitrogens is 1. The number of rotatable bonds is 8. The predicted molar refractivity (Wildman–Crippen MR) is 133 cm³/mol. The first-order valence-electron chi connectivity index (χ1n) is 11.9. The molecule has 2 heterocycles. The van der Waals surface area contributed by atoms with Crippen LogP contribution in [-0.4, -0.2) is 48.1 Å². The van der Waals surface area contributed by atoms with Crippen molar-refractivity contribution in [1.29, 1.82) is 5.26 Å². The normalized spacial score (nSPS) is 16.4. The summed E-state index contributed by atoms with van der Waals surface area (Å²) in [6, 6.07) is 17.3. The number of benzene rings is 2. The maximum atomic E-state index is 14.3. The quantitative estimate of drug-likeness (QED) is 0.503. The number of hydrogen-bond acceptors (Lipinski definition) is 6. The van der Waals surface area contributed by atoms with Gasteiger partial charge in [0, 0.05) is 31.4 Å². The van der Waals surface area contributed by atoms with Crippen molar-refractivity contribution in [2.45, 2.75) is 38.5 Å². The number of carbonyl (C=O) groups is 1. The second-order valence-electron chi connectivity index (χ2n) is 9.03. The minimum Gasteiger partial charge on any atom is -0.497 e. The van der Waals surface area contributed by atoms with Crippen LogP contribution in [-0.2, 0) is 0 Å². The third-order valence-corrected chi connectivity index (χ3v) is 6.13. The molecule has 1 aromatic heterocycles. The summed E-state index contributed by atoms with van der Waals surface area (Å²) in [5.74, 6) is 0.152. The second-order valence-corrected chi connectivity index (χ2v) is 9.03. The summed E-state index contributed by atoms with van der Waals surface area (Å²) in [7, 11) is 1.63. The highest BCUT2D eigenvalue weighted by Gasteiger charge is 2.32. The van der Waals surface area contributed by atoms with Gasteiger partial charge in [-0.05, 0) is 61.7 Å². The van der Waals surface area contributed by atoms with Gasteiger partial charge in [-0.1, -0.05) is 18.2 Å². The number of nitrogens with one attached hydrogen (secondary N) is 1. The lowest BCUT2D eigenvalue weighted by Crippen LogP contribution is -2.38. The molecule has 1 fully saturated rings. The third kappa shape index (κ3) is 5.81. The molecule has 3 aromatic rings. The van der Waals surface area contributed by atoms with Gasteiger partial charge in [-0.3, -0.25) is 9.69 Å². The summed E-state index contributed by atoms with van der Waals surface area (Å²) in [6.07, 6.45) is 2.58. The number of methoxy groups -OCH3 is 1. The summed E-state index contributed by atoms with van der Waals surface area (Å²) < 4.78 is 25.4. The number of amides is 1. The molecule has 2 atom stereocenters. The van der Waals surface area contributed by atoms with Crippen LogP contribution in [0.1, 0.15) is 53.4 Å². The number of hydrogen-bond donors (Lipinski definition) is 1. The van der Waals surface area contributed by atoms with Gasteiger partial charge in [-0.2, -0.15) is 5.26 Å². The van der Waals surface area contributed by atoms with Gasteiger partial charge in [-0.15, -0.1) is 0 Å². The average Bonchev–Trinajstić information content (AvgIpc) is 3.32. The van der Waals surface area contributed by atoms with Crippen molar-refractivity contribution in [3.63, 3.8) is 0 Å². The Kier molecular flexibility index (Phi) is 7.81. The van der Waals surface area contributed by atoms with E-state index in [1.54, 1.807) is 7.11 Å². The smallest absolute Gasteiger partial charge is 0.254 e. The lowest BCUT2D eigenvalue weighted by molar-refractivity contribution is 0.0932. The fourth-order valence-corrected chi connectivity index (χ4v) is 4.44. The summed E-state index contributed by atoms with van der Waals surface area (Å²) in [6.45, 7) is 5.24. The van der Waals surface area contributed by atoms with E-state index in [0.29, 0.717) is 12.4 Å². The van der Waals surface area contributed by atoms with E-state index in [9.17, 15) is 9.18 Å². The maximum absolute atomic E-state index is 14.3. The highest BCUT2D eigenvalue weighted by atomic mass is 19.1. The van der Waals surface area contributed by atoms with Crippen molar-refractivity contribution in [2.24, 2.45) is 0 Å². The number of ether oxygens (including phenoxy) is 2. The summed E-state index contributed by atoms with van der Waals surface area (Å²) in [5, 5.41) is 11.9. The molecule has 1 amide bonds. The molecule has 0 bridgehead atoms. The van der Waals surface area contributed by atoms with Gasteiger partial charge in [0.1, 0.15) is 11.6 Å². The third-order valence-electron chi connectivity index (χ3n) is 6.13. The molecule has 186 valence electrons. The van der Waals surface area contributed by atoms with Crippen LogP contribution in [0.3, 0.4) is 0 Å². The molecule has 0 spiro atoms. The lowest BCUT2D eigenvalue weighted by atomic mass is 9.98. The van der Waals surface area contributed by atoms with Crippen molar-refractivity contribution in [3.05, 3.63) is 88.9 Å². The molecule has 4 rings (SSSR count). The first-order valence-corrected chi connectivity index (χ1v) is 11.9. The molecule has 2 aromatic carbocycles. The molecule has 1 N–H and O–H groups in total. The van der Waals surface area contributed by atoms with Crippen molar-refractivity contribution in [1.82, 2.24) is 15.2 Å². The Morgan fingerprint density at radius 2 is 1.92 bits per heavy atom. The first-order chi connectivity index (χ1) is 17.4. The minimum absolute atomic E-state index is 0.0321. The molecule has 1 aliphatic rings.